The SMILES string of the molecule is C#CC[C@H](NC(=O)[C@H](C)NC)C(=O)N1C[C@@H](NC(=O)c2cccc(C(=O)N[C@H]3C[C@@H](C(=O)N[C@@H]4CCCc5ccccc54)N(C(=O)[C@H](CC=C)NC(=O)[C@H](C)NC)C3)c2)C[C@H]1C(=O)N[C@@H]1CCCc2ccccc21. The van der Waals surface area contributed by atoms with Crippen molar-refractivity contribution in [2.24, 2.45) is 0 Å². The predicted octanol–water partition coefficient (Wildman–Crippen LogP) is 2.26. The number of hydrogen-bond acceptors (Lipinski definition) is 10. The van der Waals surface area contributed by atoms with Crippen molar-refractivity contribution in [3.05, 3.63) is 119 Å². The molecule has 0 bridgehead atoms. The molecule has 18 heteroatoms. The van der Waals surface area contributed by atoms with Crippen LogP contribution in [0.2, 0.25) is 0 Å². The predicted molar refractivity (Wildman–Crippen MR) is 279 cm³/mol. The Bertz CT molecular complexity index is 2650. The highest BCUT2D eigenvalue weighted by Gasteiger charge is 2.45. The maximum absolute atomic E-state index is 14.4. The summed E-state index contributed by atoms with van der Waals surface area (Å²) < 4.78 is 0. The second kappa shape index (κ2) is 25.0. The number of carbonyl (C=O) groups excluding carboxylic acids is 8. The standard InChI is InChI=1S/C56H70N10O8/c1-7-16-45(63-49(67)33(3)57-5)55(73)65-31-39(29-47(65)53(71)61-43-26-14-20-35-18-9-11-24-41(35)43)59-51(69)37-22-13-23-38(28-37)52(70)60-40-30-48(54(72)62-44-27-15-21-36-19-10-12-25-42(36)44)66(32-40)56(74)46(17-8-2)64-50(68)34(4)58-6/h1,8-13,18-19,22-25,28,33-34,39-40,43-48,57-58H,2,14-17,20-21,26-27,29-32H2,3-6H3,(H,59,69)(H,60,70)(H,61,71)(H,62,72)(H,63,67)(H,64,68)/t33-,34-,39-,40-,43+,44+,45-,46-,47-,48-/m0/s1. The molecule has 8 N–H and O–H groups in total. The third kappa shape index (κ3) is 12.9. The fourth-order valence-corrected chi connectivity index (χ4v) is 10.5. The Kier molecular flexibility index (Phi) is 18.4. The number of aryl methyl sites for hydroxylation is 2. The fraction of sp³-hybridized carbons (Fsp3) is 0.464. The number of rotatable bonds is 19. The molecule has 4 aliphatic rings. The van der Waals surface area contributed by atoms with Crippen molar-refractivity contribution in [3.8, 4) is 12.3 Å². The third-order valence-electron chi connectivity index (χ3n) is 14.8. The number of likely N-dealkylation sites (tertiary alicyclic amines) is 2. The maximum atomic E-state index is 14.4. The van der Waals surface area contributed by atoms with Gasteiger partial charge >= 0.3 is 0 Å². The van der Waals surface area contributed by atoms with Crippen LogP contribution in [0.25, 0.3) is 0 Å². The van der Waals surface area contributed by atoms with Gasteiger partial charge in [0.2, 0.25) is 35.4 Å². The molecule has 2 aliphatic heterocycles. The van der Waals surface area contributed by atoms with E-state index in [2.05, 4.69) is 55.0 Å². The molecule has 0 spiro atoms. The van der Waals surface area contributed by atoms with Crippen molar-refractivity contribution >= 4 is 47.3 Å². The Morgan fingerprint density at radius 2 is 1.09 bits per heavy atom. The number of fused-ring (bicyclic) bond motifs is 2. The van der Waals surface area contributed by atoms with Crippen LogP contribution >= 0.6 is 0 Å². The minimum atomic E-state index is -1.13. The molecule has 0 saturated carbocycles. The molecule has 0 aromatic heterocycles. The quantitative estimate of drug-likeness (QED) is 0.0644. The Balaban J connectivity index is 1.07. The van der Waals surface area contributed by atoms with E-state index < -0.39 is 89.7 Å². The smallest absolute Gasteiger partial charge is 0.251 e. The van der Waals surface area contributed by atoms with Crippen LogP contribution in [0, 0.1) is 12.3 Å². The van der Waals surface area contributed by atoms with Crippen molar-refractivity contribution in [1.82, 2.24) is 52.3 Å². The topological polar surface area (TPSA) is 239 Å². The molecule has 392 valence electrons. The van der Waals surface area contributed by atoms with Crippen LogP contribution in [0.5, 0.6) is 0 Å². The normalized spacial score (nSPS) is 22.5. The molecule has 2 saturated heterocycles. The van der Waals surface area contributed by atoms with Gasteiger partial charge in [-0.05, 0) is 126 Å². The molecule has 7 rings (SSSR count). The summed E-state index contributed by atoms with van der Waals surface area (Å²) in [6.07, 6.45) is 12.3. The van der Waals surface area contributed by atoms with Gasteiger partial charge in [0.05, 0.1) is 24.2 Å². The second-order valence-corrected chi connectivity index (χ2v) is 19.8. The van der Waals surface area contributed by atoms with Gasteiger partial charge in [-0.2, -0.15) is 0 Å². The summed E-state index contributed by atoms with van der Waals surface area (Å²) in [5.41, 5.74) is 4.59. The van der Waals surface area contributed by atoms with E-state index in [1.165, 1.54) is 21.9 Å². The second-order valence-electron chi connectivity index (χ2n) is 19.8. The zero-order valence-electron chi connectivity index (χ0n) is 42.7. The summed E-state index contributed by atoms with van der Waals surface area (Å²) >= 11 is 0. The van der Waals surface area contributed by atoms with E-state index in [1.807, 2.05) is 48.5 Å². The zero-order valence-corrected chi connectivity index (χ0v) is 42.7. The number of amides is 8. The molecular formula is C56H70N10O8. The number of benzene rings is 3. The monoisotopic (exact) mass is 1010 g/mol. The number of likely N-dealkylation sites (N-methyl/N-ethyl adjacent to an activating group) is 2. The van der Waals surface area contributed by atoms with Crippen LogP contribution in [-0.4, -0.2) is 133 Å². The molecule has 0 radical (unpaired) electrons. The van der Waals surface area contributed by atoms with Gasteiger partial charge in [-0.15, -0.1) is 18.9 Å². The average molecular weight is 1010 g/mol. The minimum Gasteiger partial charge on any atom is -0.347 e. The lowest BCUT2D eigenvalue weighted by Crippen LogP contribution is -2.55. The highest BCUT2D eigenvalue weighted by atomic mass is 16.2. The van der Waals surface area contributed by atoms with Gasteiger partial charge in [0.25, 0.3) is 11.8 Å². The van der Waals surface area contributed by atoms with E-state index in [9.17, 15) is 38.4 Å². The summed E-state index contributed by atoms with van der Waals surface area (Å²) in [5.74, 6) is -1.33. The van der Waals surface area contributed by atoms with Crippen molar-refractivity contribution in [2.75, 3.05) is 27.2 Å². The highest BCUT2D eigenvalue weighted by molar-refractivity contribution is 6.01. The molecule has 18 nitrogen and oxygen atoms in total. The van der Waals surface area contributed by atoms with Gasteiger partial charge in [0, 0.05) is 42.7 Å². The Labute approximate surface area is 433 Å². The molecule has 2 fully saturated rings. The summed E-state index contributed by atoms with van der Waals surface area (Å²) in [6.45, 7) is 7.00. The van der Waals surface area contributed by atoms with Crippen LogP contribution in [0.15, 0.2) is 85.5 Å². The van der Waals surface area contributed by atoms with Gasteiger partial charge in [-0.25, -0.2) is 0 Å². The van der Waals surface area contributed by atoms with E-state index in [0.717, 1.165) is 54.4 Å². The fourth-order valence-electron chi connectivity index (χ4n) is 10.5. The molecule has 74 heavy (non-hydrogen) atoms. The first-order valence-electron chi connectivity index (χ1n) is 25.7. The van der Waals surface area contributed by atoms with Crippen LogP contribution in [0.4, 0.5) is 0 Å². The highest BCUT2D eigenvalue weighted by Crippen LogP contribution is 2.32. The molecular weight excluding hydrogens is 941 g/mol. The van der Waals surface area contributed by atoms with Crippen LogP contribution in [0.3, 0.4) is 0 Å². The Hall–Kier alpha value is -7.36. The average Bonchev–Trinajstić information content (AvgIpc) is 4.04. The summed E-state index contributed by atoms with van der Waals surface area (Å²) in [5, 5.41) is 23.5. The third-order valence-corrected chi connectivity index (χ3v) is 14.8. The first-order chi connectivity index (χ1) is 35.6. The van der Waals surface area contributed by atoms with Crippen LogP contribution in [-0.2, 0) is 41.6 Å². The lowest BCUT2D eigenvalue weighted by atomic mass is 9.87. The van der Waals surface area contributed by atoms with E-state index >= 15 is 0 Å². The number of terminal acetylenes is 1. The molecule has 2 aliphatic carbocycles. The molecule has 2 heterocycles. The van der Waals surface area contributed by atoms with Gasteiger partial charge in [-0.1, -0.05) is 60.7 Å². The Morgan fingerprint density at radius 1 is 0.649 bits per heavy atom. The largest absolute Gasteiger partial charge is 0.347 e. The van der Waals surface area contributed by atoms with Crippen molar-refractivity contribution < 1.29 is 38.4 Å². The number of nitrogens with zero attached hydrogens (tertiary/aromatic N) is 2. The summed E-state index contributed by atoms with van der Waals surface area (Å²) in [7, 11) is 3.24. The molecule has 0 unspecified atom stereocenters. The maximum Gasteiger partial charge on any atom is 0.251 e. The summed E-state index contributed by atoms with van der Waals surface area (Å²) in [6, 6.07) is 14.6. The molecule has 10 atom stereocenters. The number of hydrogen-bond donors (Lipinski definition) is 8. The minimum absolute atomic E-state index is 0.0332. The molecule has 3 aromatic rings. The number of carbonyl (C=O) groups is 8. The van der Waals surface area contributed by atoms with E-state index in [-0.39, 0.29) is 67.9 Å². The van der Waals surface area contributed by atoms with E-state index in [4.69, 9.17) is 6.42 Å². The Morgan fingerprint density at radius 3 is 1.54 bits per heavy atom. The zero-order chi connectivity index (χ0) is 53.1. The summed E-state index contributed by atoms with van der Waals surface area (Å²) in [4.78, 5) is 114. The van der Waals surface area contributed by atoms with E-state index in [0.29, 0.717) is 6.42 Å². The van der Waals surface area contributed by atoms with Crippen molar-refractivity contribution in [3.63, 3.8) is 0 Å². The molecule has 3 aromatic carbocycles. The van der Waals surface area contributed by atoms with E-state index in [1.54, 1.807) is 46.1 Å². The lowest BCUT2D eigenvalue weighted by Gasteiger charge is -2.31. The first-order valence-corrected chi connectivity index (χ1v) is 25.7. The van der Waals surface area contributed by atoms with Crippen LogP contribution in [0.1, 0.15) is 120 Å². The van der Waals surface area contributed by atoms with Gasteiger partial charge in [0.15, 0.2) is 0 Å². The number of nitrogens with one attached hydrogen (secondary N) is 8. The van der Waals surface area contributed by atoms with Crippen molar-refractivity contribution in [1.29, 1.82) is 0 Å². The molecule has 8 amide bonds. The van der Waals surface area contributed by atoms with Crippen molar-refractivity contribution in [2.45, 2.75) is 138 Å². The van der Waals surface area contributed by atoms with Gasteiger partial charge in [-0.3, -0.25) is 38.4 Å². The van der Waals surface area contributed by atoms with Gasteiger partial charge in [0.1, 0.15) is 24.2 Å². The van der Waals surface area contributed by atoms with Gasteiger partial charge < -0.3 is 52.3 Å². The van der Waals surface area contributed by atoms with Crippen LogP contribution < -0.4 is 42.5 Å². The first kappa shape index (κ1) is 54.4. The lowest BCUT2D eigenvalue weighted by molar-refractivity contribution is -0.141.